The van der Waals surface area contributed by atoms with Gasteiger partial charge >= 0.3 is 5.97 Å². The van der Waals surface area contributed by atoms with Crippen LogP contribution < -0.4 is 0 Å². The first-order chi connectivity index (χ1) is 8.77. The van der Waals surface area contributed by atoms with E-state index in [4.69, 9.17) is 4.74 Å². The number of sulfone groups is 1. The van der Waals surface area contributed by atoms with Gasteiger partial charge in [0.2, 0.25) is 0 Å². The van der Waals surface area contributed by atoms with Crippen LogP contribution in [0.4, 0.5) is 0 Å². The van der Waals surface area contributed by atoms with Crippen LogP contribution >= 0.6 is 0 Å². The summed E-state index contributed by atoms with van der Waals surface area (Å²) in [6, 6.07) is 0. The molecule has 0 amide bonds. The lowest BCUT2D eigenvalue weighted by Crippen LogP contribution is -2.51. The number of esters is 1. The van der Waals surface area contributed by atoms with Gasteiger partial charge in [0.1, 0.15) is 0 Å². The van der Waals surface area contributed by atoms with E-state index >= 15 is 0 Å². The van der Waals surface area contributed by atoms with E-state index in [1.807, 2.05) is 6.92 Å². The van der Waals surface area contributed by atoms with Crippen molar-refractivity contribution in [3.8, 4) is 0 Å². The second-order valence-corrected chi connectivity index (χ2v) is 7.56. The highest BCUT2D eigenvalue weighted by atomic mass is 32.2. The van der Waals surface area contributed by atoms with Gasteiger partial charge in [-0.15, -0.1) is 0 Å². The quantitative estimate of drug-likeness (QED) is 0.746. The van der Waals surface area contributed by atoms with Gasteiger partial charge in [0.25, 0.3) is 0 Å². The van der Waals surface area contributed by atoms with Crippen LogP contribution in [-0.4, -0.2) is 43.2 Å². The molecule has 0 bridgehead atoms. The van der Waals surface area contributed by atoms with Gasteiger partial charge in [-0.25, -0.2) is 13.2 Å². The van der Waals surface area contributed by atoms with Crippen LogP contribution in [0.25, 0.3) is 0 Å². The van der Waals surface area contributed by atoms with Crippen molar-refractivity contribution >= 4 is 15.8 Å². The Balaban J connectivity index is 3.07. The molecule has 1 fully saturated rings. The summed E-state index contributed by atoms with van der Waals surface area (Å²) in [4.78, 5) is 12.0. The number of hydrogen-bond acceptors (Lipinski definition) is 5. The Morgan fingerprint density at radius 1 is 1.37 bits per heavy atom. The number of ether oxygens (including phenoxy) is 1. The van der Waals surface area contributed by atoms with Crippen LogP contribution in [0.5, 0.6) is 0 Å². The second-order valence-electron chi connectivity index (χ2n) is 5.30. The van der Waals surface area contributed by atoms with E-state index in [1.165, 1.54) is 6.26 Å². The zero-order valence-electron chi connectivity index (χ0n) is 11.9. The number of carbonyl (C=O) groups excluding carboxylic acids is 1. The van der Waals surface area contributed by atoms with Crippen LogP contribution in [0, 0.1) is 5.92 Å². The molecule has 1 aliphatic rings. The van der Waals surface area contributed by atoms with Crippen LogP contribution in [0.1, 0.15) is 46.0 Å². The molecule has 0 saturated heterocycles. The molecule has 1 N–H and O–H groups in total. The fourth-order valence-corrected chi connectivity index (χ4v) is 4.61. The monoisotopic (exact) mass is 292 g/mol. The van der Waals surface area contributed by atoms with E-state index in [0.717, 1.165) is 0 Å². The van der Waals surface area contributed by atoms with E-state index in [0.29, 0.717) is 25.7 Å². The topological polar surface area (TPSA) is 80.7 Å². The molecule has 0 aromatic heterocycles. The summed E-state index contributed by atoms with van der Waals surface area (Å²) < 4.78 is 28.6. The molecule has 0 spiro atoms. The van der Waals surface area contributed by atoms with Gasteiger partial charge in [-0.1, -0.05) is 19.8 Å². The van der Waals surface area contributed by atoms with Crippen molar-refractivity contribution in [2.75, 3.05) is 12.9 Å². The third-order valence-corrected chi connectivity index (χ3v) is 5.54. The van der Waals surface area contributed by atoms with Crippen molar-refractivity contribution < 1.29 is 23.1 Å². The molecule has 0 radical (unpaired) electrons. The minimum atomic E-state index is -3.27. The maximum Gasteiger partial charge on any atom is 0.338 e. The number of hydrogen-bond donors (Lipinski definition) is 1. The summed E-state index contributed by atoms with van der Waals surface area (Å²) in [6.07, 6.45) is 3.79. The molecule has 6 heteroatoms. The lowest BCUT2D eigenvalue weighted by Gasteiger charge is -2.34. The number of aliphatic hydroxyl groups is 1. The number of rotatable bonds is 6. The molecule has 0 heterocycles. The highest BCUT2D eigenvalue weighted by Gasteiger charge is 2.52. The zero-order valence-corrected chi connectivity index (χ0v) is 12.7. The van der Waals surface area contributed by atoms with E-state index < -0.39 is 32.6 Å². The van der Waals surface area contributed by atoms with Crippen LogP contribution in [0.15, 0.2) is 0 Å². The summed E-state index contributed by atoms with van der Waals surface area (Å²) in [7, 11) is -3.27. The Morgan fingerprint density at radius 2 is 2.00 bits per heavy atom. The molecule has 0 aliphatic heterocycles. The van der Waals surface area contributed by atoms with Gasteiger partial charge in [-0.05, 0) is 26.2 Å². The molecule has 1 aliphatic carbocycles. The fourth-order valence-electron chi connectivity index (χ4n) is 3.06. The molecular weight excluding hydrogens is 268 g/mol. The van der Waals surface area contributed by atoms with E-state index in [2.05, 4.69) is 0 Å². The Kier molecular flexibility index (Phi) is 5.38. The Labute approximate surface area is 115 Å². The molecule has 5 nitrogen and oxygen atoms in total. The second kappa shape index (κ2) is 6.22. The van der Waals surface area contributed by atoms with Crippen molar-refractivity contribution in [1.29, 1.82) is 0 Å². The fraction of sp³-hybridized carbons (Fsp3) is 0.923. The largest absolute Gasteiger partial charge is 0.464 e. The molecule has 1 rings (SSSR count). The van der Waals surface area contributed by atoms with Gasteiger partial charge in [0, 0.05) is 12.2 Å². The van der Waals surface area contributed by atoms with Crippen LogP contribution in [-0.2, 0) is 19.4 Å². The van der Waals surface area contributed by atoms with Gasteiger partial charge in [-0.2, -0.15) is 0 Å². The third kappa shape index (κ3) is 3.48. The number of carbonyl (C=O) groups is 1. The standard InChI is InChI=1S/C13H24O5S/c1-4-9-13(15,12(14)18-5-2)10-7-6-8-11(10)19(3,16)17/h10-11,15H,4-9H2,1-3H3. The molecule has 3 unspecified atom stereocenters. The first-order valence-electron chi connectivity index (χ1n) is 6.85. The smallest absolute Gasteiger partial charge is 0.338 e. The summed E-state index contributed by atoms with van der Waals surface area (Å²) in [5, 5.41) is 10.1. The maximum absolute atomic E-state index is 12.0. The van der Waals surface area contributed by atoms with E-state index in [9.17, 15) is 18.3 Å². The van der Waals surface area contributed by atoms with Crippen molar-refractivity contribution in [1.82, 2.24) is 0 Å². The van der Waals surface area contributed by atoms with Crippen molar-refractivity contribution in [3.05, 3.63) is 0 Å². The van der Waals surface area contributed by atoms with Crippen molar-refractivity contribution in [2.45, 2.75) is 56.8 Å². The summed E-state index contributed by atoms with van der Waals surface area (Å²) in [5.41, 5.74) is -1.67. The third-order valence-electron chi connectivity index (χ3n) is 3.88. The molecule has 1 saturated carbocycles. The lowest BCUT2D eigenvalue weighted by molar-refractivity contribution is -0.172. The molecule has 112 valence electrons. The van der Waals surface area contributed by atoms with Crippen molar-refractivity contribution in [2.24, 2.45) is 5.92 Å². The predicted molar refractivity (Wildman–Crippen MR) is 72.5 cm³/mol. The molecular formula is C13H24O5S. The molecule has 19 heavy (non-hydrogen) atoms. The molecule has 0 aromatic rings. The van der Waals surface area contributed by atoms with Crippen LogP contribution in [0.3, 0.4) is 0 Å². The van der Waals surface area contributed by atoms with E-state index in [-0.39, 0.29) is 13.0 Å². The molecule has 3 atom stereocenters. The van der Waals surface area contributed by atoms with Gasteiger partial charge in [0.15, 0.2) is 15.4 Å². The van der Waals surface area contributed by atoms with Gasteiger partial charge < -0.3 is 9.84 Å². The Morgan fingerprint density at radius 3 is 2.47 bits per heavy atom. The lowest BCUT2D eigenvalue weighted by atomic mass is 9.82. The maximum atomic E-state index is 12.0. The highest BCUT2D eigenvalue weighted by Crippen LogP contribution is 2.41. The average Bonchev–Trinajstić information content (AvgIpc) is 2.78. The zero-order chi connectivity index (χ0) is 14.7. The van der Waals surface area contributed by atoms with Gasteiger partial charge in [-0.3, -0.25) is 0 Å². The summed E-state index contributed by atoms with van der Waals surface area (Å²) in [6.45, 7) is 3.71. The van der Waals surface area contributed by atoms with Crippen LogP contribution in [0.2, 0.25) is 0 Å². The van der Waals surface area contributed by atoms with Crippen molar-refractivity contribution in [3.63, 3.8) is 0 Å². The summed E-state index contributed by atoms with van der Waals surface area (Å²) >= 11 is 0. The Hall–Kier alpha value is -0.620. The normalized spacial score (nSPS) is 26.9. The Bertz CT molecular complexity index is 417. The highest BCUT2D eigenvalue weighted by molar-refractivity contribution is 7.91. The molecule has 0 aromatic carbocycles. The predicted octanol–water partition coefficient (Wildman–Crippen LogP) is 1.29. The summed E-state index contributed by atoms with van der Waals surface area (Å²) in [5.74, 6) is -1.24. The minimum Gasteiger partial charge on any atom is -0.464 e. The van der Waals surface area contributed by atoms with E-state index in [1.54, 1.807) is 6.92 Å². The van der Waals surface area contributed by atoms with Gasteiger partial charge in [0.05, 0.1) is 11.9 Å². The first kappa shape index (κ1) is 16.4. The minimum absolute atomic E-state index is 0.182. The average molecular weight is 292 g/mol. The SMILES string of the molecule is CCCC(O)(C(=O)OCC)C1CCCC1S(C)(=O)=O. The first-order valence-corrected chi connectivity index (χ1v) is 8.81.